The van der Waals surface area contributed by atoms with Crippen LogP contribution in [0.3, 0.4) is 0 Å². The fourth-order valence-corrected chi connectivity index (χ4v) is 13.7. The van der Waals surface area contributed by atoms with Crippen LogP contribution in [-0.2, 0) is 19.9 Å². The summed E-state index contributed by atoms with van der Waals surface area (Å²) in [5.74, 6) is -0.690. The van der Waals surface area contributed by atoms with Gasteiger partial charge in [0.25, 0.3) is 25.8 Å². The van der Waals surface area contributed by atoms with Gasteiger partial charge in [-0.2, -0.15) is 13.2 Å². The lowest BCUT2D eigenvalue weighted by molar-refractivity contribution is -0.250. The molecule has 6 aliphatic rings. The van der Waals surface area contributed by atoms with Gasteiger partial charge in [0.1, 0.15) is 4.90 Å². The number of rotatable bonds is 17. The van der Waals surface area contributed by atoms with E-state index in [0.29, 0.717) is 63.7 Å². The highest BCUT2D eigenvalue weighted by Crippen LogP contribution is 2.79. The Kier molecular flexibility index (Phi) is 13.7. The van der Waals surface area contributed by atoms with Crippen molar-refractivity contribution in [3.63, 3.8) is 0 Å². The summed E-state index contributed by atoms with van der Waals surface area (Å²) in [6.45, 7) is 10.3. The molecule has 4 N–H and O–H groups in total. The summed E-state index contributed by atoms with van der Waals surface area (Å²) in [4.78, 5) is 18.8. The van der Waals surface area contributed by atoms with Crippen LogP contribution < -0.4 is 20.7 Å². The first-order valence-corrected chi connectivity index (χ1v) is 26.5. The minimum atomic E-state index is -6.07. The molecule has 0 unspecified atom stereocenters. The Hall–Kier alpha value is -3.75. The van der Waals surface area contributed by atoms with E-state index in [1.807, 2.05) is 35.1 Å². The first-order chi connectivity index (χ1) is 31.1. The van der Waals surface area contributed by atoms with E-state index < -0.39 is 64.6 Å². The Morgan fingerprint density at radius 1 is 0.909 bits per heavy atom. The predicted molar refractivity (Wildman–Crippen MR) is 247 cm³/mol. The zero-order chi connectivity index (χ0) is 47.3. The van der Waals surface area contributed by atoms with Crippen LogP contribution in [0, 0.1) is 16.2 Å². The quantitative estimate of drug-likeness (QED) is 0.0685. The van der Waals surface area contributed by atoms with Crippen LogP contribution in [0.4, 0.5) is 33.3 Å². The van der Waals surface area contributed by atoms with Crippen molar-refractivity contribution in [2.45, 2.75) is 104 Å². The summed E-state index contributed by atoms with van der Waals surface area (Å²) in [5, 5.41) is 2.98. The molecular weight excluding hydrogens is 920 g/mol. The smallest absolute Gasteiger partial charge is 0.380 e. The van der Waals surface area contributed by atoms with Gasteiger partial charge in [0.2, 0.25) is 6.43 Å². The van der Waals surface area contributed by atoms with Crippen LogP contribution in [-0.4, -0.2) is 115 Å². The zero-order valence-electron chi connectivity index (χ0n) is 37.3. The Balaban J connectivity index is 0.917. The number of nitrogens with zero attached hydrogens (tertiary/aromatic N) is 3. The van der Waals surface area contributed by atoms with E-state index in [1.165, 1.54) is 35.0 Å². The number of amides is 1. The lowest BCUT2D eigenvalue weighted by atomic mass is 9.32. The van der Waals surface area contributed by atoms with E-state index in [-0.39, 0.29) is 22.4 Å². The van der Waals surface area contributed by atoms with E-state index in [1.54, 1.807) is 12.1 Å². The van der Waals surface area contributed by atoms with Crippen molar-refractivity contribution >= 4 is 48.9 Å². The van der Waals surface area contributed by atoms with Crippen molar-refractivity contribution in [3.8, 4) is 0 Å². The van der Waals surface area contributed by atoms with E-state index in [2.05, 4.69) is 33.9 Å². The third-order valence-electron chi connectivity index (χ3n) is 14.4. The van der Waals surface area contributed by atoms with E-state index >= 15 is 0 Å². The monoisotopic (exact) mass is 978 g/mol. The molecule has 2 atom stereocenters. The number of sulfone groups is 1. The van der Waals surface area contributed by atoms with Gasteiger partial charge in [0.15, 0.2) is 0 Å². The molecule has 360 valence electrons. The number of hydrogen-bond donors (Lipinski definition) is 3. The van der Waals surface area contributed by atoms with Crippen molar-refractivity contribution in [1.82, 2.24) is 14.5 Å². The van der Waals surface area contributed by atoms with E-state index in [9.17, 15) is 43.6 Å². The molecule has 2 aliphatic heterocycles. The summed E-state index contributed by atoms with van der Waals surface area (Å²) in [6, 6.07) is 17.5. The first-order valence-electron chi connectivity index (χ1n) is 22.6. The summed E-state index contributed by atoms with van der Waals surface area (Å²) in [5.41, 5.74) is 2.86. The second-order valence-electron chi connectivity index (χ2n) is 19.9. The lowest BCUT2D eigenvalue weighted by Gasteiger charge is -2.72. The molecule has 11 nitrogen and oxygen atoms in total. The SMILES string of the molecule is CC1(C)CCC(CN2CCN(c3ccc(C(=O)NS(=O)(=O)c4ccc(N[C@H](CCN5CC[C@H](N)C5)CSc5ccccc5)c(S(=O)(=O)C(F)(F)F)c4)cc3)CC2)=C(C23CC(C(F)F)(C2)C3)C1. The van der Waals surface area contributed by atoms with Crippen LogP contribution in [0.5, 0.6) is 0 Å². The first kappa shape index (κ1) is 48.7. The van der Waals surface area contributed by atoms with E-state index in [4.69, 9.17) is 5.73 Å². The van der Waals surface area contributed by atoms with Gasteiger partial charge in [0, 0.05) is 85.2 Å². The maximum atomic E-state index is 14.2. The van der Waals surface area contributed by atoms with Crippen LogP contribution in [0.15, 0.2) is 98.6 Å². The standard InChI is InChI=1S/C47H59F5N6O5S3/c1-44(2)17-14-33(39(25-44)45-29-46(30-45,31-45)43(48)49)26-57-20-22-58(23-21-57)36-10-8-32(9-11-36)42(59)55-66(62,63)38-12-13-40(41(24-38)65(60,61)47(50,51)52)54-35(16-19-56-18-15-34(53)27-56)28-64-37-6-4-3-5-7-37/h3-13,24,34-35,43,54H,14-23,25-31,53H2,1-2H3,(H,55,59)/t34-,35+,45?,46?/m0/s1. The van der Waals surface area contributed by atoms with Crippen molar-refractivity contribution in [2.24, 2.45) is 22.0 Å². The van der Waals surface area contributed by atoms with Crippen molar-refractivity contribution in [1.29, 1.82) is 0 Å². The summed E-state index contributed by atoms with van der Waals surface area (Å²) in [7, 11) is -10.9. The molecule has 2 bridgehead atoms. The Morgan fingerprint density at radius 2 is 1.59 bits per heavy atom. The number of anilines is 2. The fourth-order valence-electron chi connectivity index (χ4n) is 10.7. The summed E-state index contributed by atoms with van der Waals surface area (Å²) in [6.07, 6.45) is 3.78. The number of benzene rings is 3. The molecule has 1 amide bonds. The molecule has 2 heterocycles. The van der Waals surface area contributed by atoms with Crippen LogP contribution in [0.2, 0.25) is 0 Å². The average Bonchev–Trinajstić information content (AvgIpc) is 3.66. The second-order valence-corrected chi connectivity index (χ2v) is 24.5. The third-order valence-corrected chi connectivity index (χ3v) is 18.4. The second kappa shape index (κ2) is 18.6. The Bertz CT molecular complexity index is 2500. The number of nitrogens with two attached hydrogens (primary N) is 1. The number of nitrogens with one attached hydrogen (secondary N) is 2. The molecule has 5 fully saturated rings. The molecule has 3 aromatic carbocycles. The lowest BCUT2D eigenvalue weighted by Crippen LogP contribution is -2.66. The van der Waals surface area contributed by atoms with Crippen LogP contribution >= 0.6 is 11.8 Å². The maximum Gasteiger partial charge on any atom is 0.501 e. The average molecular weight is 979 g/mol. The summed E-state index contributed by atoms with van der Waals surface area (Å²) >= 11 is 1.44. The largest absolute Gasteiger partial charge is 0.501 e. The van der Waals surface area contributed by atoms with Gasteiger partial charge < -0.3 is 20.9 Å². The molecule has 0 radical (unpaired) electrons. The summed E-state index contributed by atoms with van der Waals surface area (Å²) < 4.78 is 125. The Labute approximate surface area is 389 Å². The number of carbonyl (C=O) groups is 1. The number of sulfonamides is 1. The molecule has 2 saturated heterocycles. The fraction of sp³-hybridized carbons (Fsp3) is 0.553. The number of carbonyl (C=O) groups excluding carboxylic acids is 1. The molecular formula is C47H59F5N6O5S3. The molecule has 3 aromatic rings. The van der Waals surface area contributed by atoms with E-state index in [0.717, 1.165) is 74.6 Å². The Morgan fingerprint density at radius 3 is 2.21 bits per heavy atom. The molecule has 3 saturated carbocycles. The molecule has 0 spiro atoms. The van der Waals surface area contributed by atoms with Crippen molar-refractivity contribution in [3.05, 3.63) is 89.5 Å². The molecule has 4 aliphatic carbocycles. The van der Waals surface area contributed by atoms with Gasteiger partial charge in [-0.3, -0.25) is 9.69 Å². The minimum absolute atomic E-state index is 0.0101. The number of allylic oxidation sites excluding steroid dienone is 1. The molecule has 19 heteroatoms. The minimum Gasteiger partial charge on any atom is -0.380 e. The van der Waals surface area contributed by atoms with Crippen LogP contribution in [0.1, 0.15) is 75.6 Å². The number of alkyl halides is 5. The molecule has 9 rings (SSSR count). The number of halogens is 5. The highest BCUT2D eigenvalue weighted by Gasteiger charge is 2.73. The third kappa shape index (κ3) is 10.3. The predicted octanol–water partition coefficient (Wildman–Crippen LogP) is 8.16. The number of hydrogen-bond acceptors (Lipinski definition) is 11. The van der Waals surface area contributed by atoms with Gasteiger partial charge in [-0.1, -0.05) is 43.2 Å². The normalized spacial score (nSPS) is 25.3. The van der Waals surface area contributed by atoms with Crippen molar-refractivity contribution < 1.29 is 43.6 Å². The topological polar surface area (TPSA) is 145 Å². The number of thioether (sulfide) groups is 1. The zero-order valence-corrected chi connectivity index (χ0v) is 39.7. The number of piperazine rings is 1. The van der Waals surface area contributed by atoms with Gasteiger partial charge in [-0.05, 0) is 123 Å². The van der Waals surface area contributed by atoms with Gasteiger partial charge >= 0.3 is 5.51 Å². The molecule has 66 heavy (non-hydrogen) atoms. The molecule has 0 aromatic heterocycles. The number of likely N-dealkylation sites (tertiary alicyclic amines) is 1. The van der Waals surface area contributed by atoms with Crippen LogP contribution in [0.25, 0.3) is 0 Å². The van der Waals surface area contributed by atoms with Gasteiger partial charge in [-0.25, -0.2) is 30.3 Å². The van der Waals surface area contributed by atoms with Crippen molar-refractivity contribution in [2.75, 3.05) is 68.3 Å². The van der Waals surface area contributed by atoms with Gasteiger partial charge in [0.05, 0.1) is 10.6 Å². The van der Waals surface area contributed by atoms with Gasteiger partial charge in [-0.15, -0.1) is 11.8 Å². The highest BCUT2D eigenvalue weighted by molar-refractivity contribution is 7.99. The maximum absolute atomic E-state index is 14.2. The highest BCUT2D eigenvalue weighted by atomic mass is 32.2.